The zero-order valence-corrected chi connectivity index (χ0v) is 14.7. The summed E-state index contributed by atoms with van der Waals surface area (Å²) in [5.74, 6) is 1.79. The van der Waals surface area contributed by atoms with Crippen LogP contribution in [0.5, 0.6) is 5.88 Å². The smallest absolute Gasteiger partial charge is 0.255 e. The minimum Gasteiger partial charge on any atom is -0.477 e. The van der Waals surface area contributed by atoms with Gasteiger partial charge < -0.3 is 14.4 Å². The van der Waals surface area contributed by atoms with Gasteiger partial charge in [-0.1, -0.05) is 13.8 Å². The van der Waals surface area contributed by atoms with Gasteiger partial charge in [0.25, 0.3) is 5.91 Å². The number of ether oxygens (including phenoxy) is 2. The van der Waals surface area contributed by atoms with E-state index in [1.54, 1.807) is 12.3 Å². The average molecular weight is 330 g/mol. The summed E-state index contributed by atoms with van der Waals surface area (Å²) in [6, 6.07) is 3.85. The Kier molecular flexibility index (Phi) is 3.79. The Balaban J connectivity index is 1.42. The van der Waals surface area contributed by atoms with Crippen molar-refractivity contribution in [2.24, 2.45) is 17.3 Å². The van der Waals surface area contributed by atoms with E-state index in [0.29, 0.717) is 23.3 Å². The first kappa shape index (κ1) is 15.9. The normalized spacial score (nSPS) is 30.4. The van der Waals surface area contributed by atoms with E-state index in [-0.39, 0.29) is 23.5 Å². The lowest BCUT2D eigenvalue weighted by Crippen LogP contribution is -2.66. The lowest BCUT2D eigenvalue weighted by Gasteiger charge is -2.57. The topological polar surface area (TPSA) is 51.7 Å². The highest BCUT2D eigenvalue weighted by atomic mass is 16.5. The number of rotatable bonds is 5. The number of carbonyl (C=O) groups is 1. The van der Waals surface area contributed by atoms with Gasteiger partial charge in [0.05, 0.1) is 18.3 Å². The first-order valence-corrected chi connectivity index (χ1v) is 8.96. The highest BCUT2D eigenvalue weighted by molar-refractivity contribution is 5.94. The van der Waals surface area contributed by atoms with Crippen LogP contribution in [0.2, 0.25) is 0 Å². The highest BCUT2D eigenvalue weighted by Gasteiger charge is 2.61. The molecule has 1 amide bonds. The van der Waals surface area contributed by atoms with Crippen LogP contribution < -0.4 is 4.74 Å². The monoisotopic (exact) mass is 330 g/mol. The second-order valence-corrected chi connectivity index (χ2v) is 8.07. The number of carbonyl (C=O) groups excluding carboxylic acids is 1. The molecule has 3 atom stereocenters. The van der Waals surface area contributed by atoms with Crippen LogP contribution in [0.25, 0.3) is 0 Å². The third kappa shape index (κ3) is 2.59. The zero-order valence-electron chi connectivity index (χ0n) is 14.7. The molecule has 2 saturated carbocycles. The molecule has 3 aliphatic rings. The van der Waals surface area contributed by atoms with Crippen molar-refractivity contribution in [3.05, 3.63) is 23.9 Å². The SMILES string of the molecule is CN(C(=O)c1ccc(OCC2CC2)nc1)C1C2CCOC2C1(C)C. The Morgan fingerprint density at radius 1 is 1.38 bits per heavy atom. The molecule has 2 heterocycles. The standard InChI is InChI=1S/C19H26N2O3/c1-19(2)16(14-8-9-23-17(14)19)21(3)18(22)13-6-7-15(20-10-13)24-11-12-4-5-12/h6-7,10,12,14,16-17H,4-5,8-9,11H2,1-3H3. The predicted molar refractivity (Wildman–Crippen MR) is 90.0 cm³/mol. The number of pyridine rings is 1. The van der Waals surface area contributed by atoms with E-state index in [1.165, 1.54) is 12.8 Å². The van der Waals surface area contributed by atoms with Crippen molar-refractivity contribution in [1.29, 1.82) is 0 Å². The highest BCUT2D eigenvalue weighted by Crippen LogP contribution is 2.54. The van der Waals surface area contributed by atoms with Gasteiger partial charge in [-0.2, -0.15) is 0 Å². The largest absolute Gasteiger partial charge is 0.477 e. The van der Waals surface area contributed by atoms with Gasteiger partial charge in [-0.05, 0) is 31.2 Å². The minimum absolute atomic E-state index is 0.00627. The van der Waals surface area contributed by atoms with Gasteiger partial charge in [0.1, 0.15) is 0 Å². The molecule has 0 spiro atoms. The average Bonchev–Trinajstić information content (AvgIpc) is 3.30. The first-order chi connectivity index (χ1) is 11.5. The third-order valence-corrected chi connectivity index (χ3v) is 5.92. The number of nitrogens with zero attached hydrogens (tertiary/aromatic N) is 2. The molecule has 4 rings (SSSR count). The summed E-state index contributed by atoms with van der Waals surface area (Å²) < 4.78 is 11.5. The fraction of sp³-hybridized carbons (Fsp3) is 0.684. The van der Waals surface area contributed by atoms with Gasteiger partial charge in [0.2, 0.25) is 5.88 Å². The summed E-state index contributed by atoms with van der Waals surface area (Å²) in [6.07, 6.45) is 5.47. The molecule has 1 aliphatic heterocycles. The minimum atomic E-state index is 0.00627. The number of hydrogen-bond acceptors (Lipinski definition) is 4. The molecule has 0 bridgehead atoms. The number of hydrogen-bond donors (Lipinski definition) is 0. The molecule has 1 aromatic rings. The Morgan fingerprint density at radius 3 is 2.83 bits per heavy atom. The quantitative estimate of drug-likeness (QED) is 0.833. The molecule has 2 aliphatic carbocycles. The van der Waals surface area contributed by atoms with Crippen molar-refractivity contribution in [2.75, 3.05) is 20.3 Å². The summed E-state index contributed by atoms with van der Waals surface area (Å²) in [5.41, 5.74) is 0.626. The number of aromatic nitrogens is 1. The molecule has 3 unspecified atom stereocenters. The second kappa shape index (κ2) is 5.73. The number of fused-ring (bicyclic) bond motifs is 1. The fourth-order valence-electron chi connectivity index (χ4n) is 4.49. The molecule has 130 valence electrons. The van der Waals surface area contributed by atoms with Crippen LogP contribution in [0.15, 0.2) is 18.3 Å². The van der Waals surface area contributed by atoms with Crippen LogP contribution in [-0.4, -0.2) is 48.2 Å². The van der Waals surface area contributed by atoms with Gasteiger partial charge in [-0.15, -0.1) is 0 Å². The predicted octanol–water partition coefficient (Wildman–Crippen LogP) is 2.76. The Hall–Kier alpha value is -1.62. The van der Waals surface area contributed by atoms with Crippen LogP contribution in [0.4, 0.5) is 0 Å². The van der Waals surface area contributed by atoms with Gasteiger partial charge in [0, 0.05) is 43.3 Å². The van der Waals surface area contributed by atoms with Crippen LogP contribution >= 0.6 is 0 Å². The molecular formula is C19H26N2O3. The van der Waals surface area contributed by atoms with E-state index >= 15 is 0 Å². The van der Waals surface area contributed by atoms with Crippen molar-refractivity contribution in [1.82, 2.24) is 9.88 Å². The zero-order chi connectivity index (χ0) is 16.9. The molecular weight excluding hydrogens is 304 g/mol. The Morgan fingerprint density at radius 2 is 2.17 bits per heavy atom. The maximum atomic E-state index is 12.8. The van der Waals surface area contributed by atoms with E-state index in [4.69, 9.17) is 9.47 Å². The molecule has 24 heavy (non-hydrogen) atoms. The van der Waals surface area contributed by atoms with Gasteiger partial charge >= 0.3 is 0 Å². The molecule has 5 nitrogen and oxygen atoms in total. The van der Waals surface area contributed by atoms with Gasteiger partial charge in [-0.25, -0.2) is 4.98 Å². The van der Waals surface area contributed by atoms with Gasteiger partial charge in [-0.3, -0.25) is 4.79 Å². The molecule has 3 fully saturated rings. The van der Waals surface area contributed by atoms with E-state index in [1.807, 2.05) is 18.0 Å². The van der Waals surface area contributed by atoms with E-state index in [9.17, 15) is 4.79 Å². The van der Waals surface area contributed by atoms with Crippen molar-refractivity contribution < 1.29 is 14.3 Å². The fourth-order valence-corrected chi connectivity index (χ4v) is 4.49. The van der Waals surface area contributed by atoms with Crippen molar-refractivity contribution in [3.8, 4) is 5.88 Å². The van der Waals surface area contributed by atoms with Crippen molar-refractivity contribution in [3.63, 3.8) is 0 Å². The van der Waals surface area contributed by atoms with E-state index < -0.39 is 0 Å². The van der Waals surface area contributed by atoms with Crippen molar-refractivity contribution in [2.45, 2.75) is 45.3 Å². The van der Waals surface area contributed by atoms with Crippen LogP contribution in [0.3, 0.4) is 0 Å². The summed E-state index contributed by atoms with van der Waals surface area (Å²) >= 11 is 0. The van der Waals surface area contributed by atoms with E-state index in [2.05, 4.69) is 18.8 Å². The van der Waals surface area contributed by atoms with Crippen LogP contribution in [0.1, 0.15) is 43.5 Å². The third-order valence-electron chi connectivity index (χ3n) is 5.92. The molecule has 0 radical (unpaired) electrons. The van der Waals surface area contributed by atoms with Crippen LogP contribution in [-0.2, 0) is 4.74 Å². The Labute approximate surface area is 143 Å². The molecule has 0 aromatic carbocycles. The number of amides is 1. The van der Waals surface area contributed by atoms with E-state index in [0.717, 1.165) is 19.6 Å². The summed E-state index contributed by atoms with van der Waals surface area (Å²) in [7, 11) is 1.90. The lowest BCUT2D eigenvalue weighted by molar-refractivity contribution is -0.139. The Bertz CT molecular complexity index is 624. The summed E-state index contributed by atoms with van der Waals surface area (Å²) in [5, 5.41) is 0. The molecule has 0 N–H and O–H groups in total. The summed E-state index contributed by atoms with van der Waals surface area (Å²) in [4.78, 5) is 19.0. The molecule has 5 heteroatoms. The van der Waals surface area contributed by atoms with Gasteiger partial charge in [0.15, 0.2) is 0 Å². The summed E-state index contributed by atoms with van der Waals surface area (Å²) in [6.45, 7) is 5.94. The first-order valence-electron chi connectivity index (χ1n) is 8.96. The molecule has 1 saturated heterocycles. The molecule has 1 aromatic heterocycles. The van der Waals surface area contributed by atoms with Crippen molar-refractivity contribution >= 4 is 5.91 Å². The maximum Gasteiger partial charge on any atom is 0.255 e. The van der Waals surface area contributed by atoms with Crippen LogP contribution in [0, 0.1) is 17.3 Å². The maximum absolute atomic E-state index is 12.8. The lowest BCUT2D eigenvalue weighted by atomic mass is 9.56. The second-order valence-electron chi connectivity index (χ2n) is 8.07.